The molecule has 1 fully saturated rings. The predicted molar refractivity (Wildman–Crippen MR) is 66.0 cm³/mol. The first-order chi connectivity index (χ1) is 7.31. The van der Waals surface area contributed by atoms with Crippen molar-refractivity contribution in [2.24, 2.45) is 11.7 Å². The van der Waals surface area contributed by atoms with Gasteiger partial charge in [-0.25, -0.2) is 0 Å². The molecule has 1 aromatic rings. The Kier molecular flexibility index (Phi) is 3.78. The summed E-state index contributed by atoms with van der Waals surface area (Å²) >= 11 is 1.85. The zero-order chi connectivity index (χ0) is 10.7. The third kappa shape index (κ3) is 2.60. The molecule has 0 amide bonds. The molecule has 1 aliphatic heterocycles. The molecule has 2 atom stereocenters. The maximum Gasteiger partial charge on any atom is 0.0331 e. The lowest BCUT2D eigenvalue weighted by molar-refractivity contribution is 0.100. The van der Waals surface area contributed by atoms with Crippen LogP contribution < -0.4 is 5.73 Å². The molecule has 0 saturated carbocycles. The minimum absolute atomic E-state index is 0.584. The Morgan fingerprint density at radius 2 is 2.47 bits per heavy atom. The van der Waals surface area contributed by atoms with Crippen molar-refractivity contribution in [3.63, 3.8) is 0 Å². The Bertz CT molecular complexity index is 284. The molecule has 0 aliphatic carbocycles. The van der Waals surface area contributed by atoms with Crippen LogP contribution in [0.1, 0.15) is 24.6 Å². The number of piperidine rings is 1. The van der Waals surface area contributed by atoms with Crippen molar-refractivity contribution >= 4 is 11.3 Å². The molecule has 2 rings (SSSR count). The van der Waals surface area contributed by atoms with Crippen molar-refractivity contribution < 1.29 is 0 Å². The fourth-order valence-electron chi connectivity index (χ4n) is 2.51. The van der Waals surface area contributed by atoms with Crippen LogP contribution in [0.4, 0.5) is 0 Å². The van der Waals surface area contributed by atoms with Crippen molar-refractivity contribution in [2.75, 3.05) is 13.1 Å². The number of nitrogens with two attached hydrogens (primary N) is 1. The first kappa shape index (κ1) is 11.1. The molecule has 2 unspecified atom stereocenters. The van der Waals surface area contributed by atoms with Crippen molar-refractivity contribution in [2.45, 2.75) is 32.4 Å². The van der Waals surface area contributed by atoms with Crippen LogP contribution in [0.3, 0.4) is 0 Å². The molecule has 1 aliphatic rings. The van der Waals surface area contributed by atoms with E-state index >= 15 is 0 Å². The second-order valence-electron chi connectivity index (χ2n) is 4.47. The van der Waals surface area contributed by atoms with Gasteiger partial charge in [0.2, 0.25) is 0 Å². The fraction of sp³-hybridized carbons (Fsp3) is 0.667. The first-order valence-electron chi connectivity index (χ1n) is 5.77. The molecule has 2 nitrogen and oxygen atoms in total. The highest BCUT2D eigenvalue weighted by Crippen LogP contribution is 2.25. The van der Waals surface area contributed by atoms with Crippen molar-refractivity contribution in [3.8, 4) is 0 Å². The molecule has 1 saturated heterocycles. The van der Waals surface area contributed by atoms with Crippen molar-refractivity contribution in [3.05, 3.63) is 22.4 Å². The first-order valence-corrected chi connectivity index (χ1v) is 6.65. The van der Waals surface area contributed by atoms with Crippen LogP contribution in [0.15, 0.2) is 17.5 Å². The number of rotatable bonds is 3. The second kappa shape index (κ2) is 5.10. The number of thiophene rings is 1. The molecule has 3 heteroatoms. The average Bonchev–Trinajstić information content (AvgIpc) is 2.71. The third-order valence-electron chi connectivity index (χ3n) is 3.41. The zero-order valence-electron chi connectivity index (χ0n) is 9.36. The van der Waals surface area contributed by atoms with Gasteiger partial charge in [-0.2, -0.15) is 0 Å². The molecular weight excluding hydrogens is 204 g/mol. The largest absolute Gasteiger partial charge is 0.329 e. The number of likely N-dealkylation sites (tertiary alicyclic amines) is 1. The van der Waals surface area contributed by atoms with Crippen LogP contribution in [-0.4, -0.2) is 24.0 Å². The van der Waals surface area contributed by atoms with Crippen LogP contribution in [-0.2, 0) is 6.54 Å². The van der Waals surface area contributed by atoms with E-state index in [2.05, 4.69) is 29.3 Å². The highest BCUT2D eigenvalue weighted by molar-refractivity contribution is 7.09. The van der Waals surface area contributed by atoms with Crippen LogP contribution in [0.25, 0.3) is 0 Å². The zero-order valence-corrected chi connectivity index (χ0v) is 10.2. The fourth-order valence-corrected chi connectivity index (χ4v) is 3.24. The lowest BCUT2D eigenvalue weighted by Crippen LogP contribution is -2.47. The topological polar surface area (TPSA) is 29.3 Å². The van der Waals surface area contributed by atoms with E-state index in [1.807, 2.05) is 11.3 Å². The quantitative estimate of drug-likeness (QED) is 0.853. The molecule has 0 spiro atoms. The van der Waals surface area contributed by atoms with E-state index in [1.165, 1.54) is 24.3 Å². The normalized spacial score (nSPS) is 28.1. The van der Waals surface area contributed by atoms with Gasteiger partial charge < -0.3 is 5.73 Å². The SMILES string of the molecule is CC1CCCN(Cc2cccs2)C1CN. The summed E-state index contributed by atoms with van der Waals surface area (Å²) in [5.41, 5.74) is 5.87. The molecule has 2 heterocycles. The summed E-state index contributed by atoms with van der Waals surface area (Å²) in [7, 11) is 0. The molecule has 84 valence electrons. The summed E-state index contributed by atoms with van der Waals surface area (Å²) in [5, 5.41) is 2.15. The summed E-state index contributed by atoms with van der Waals surface area (Å²) in [4.78, 5) is 4.02. The molecule has 2 N–H and O–H groups in total. The summed E-state index contributed by atoms with van der Waals surface area (Å²) in [6, 6.07) is 4.93. The summed E-state index contributed by atoms with van der Waals surface area (Å²) < 4.78 is 0. The van der Waals surface area contributed by atoms with Gasteiger partial charge >= 0.3 is 0 Å². The van der Waals surface area contributed by atoms with E-state index in [0.717, 1.165) is 19.0 Å². The van der Waals surface area contributed by atoms with Gasteiger partial charge in [-0.1, -0.05) is 13.0 Å². The Morgan fingerprint density at radius 3 is 3.13 bits per heavy atom. The second-order valence-corrected chi connectivity index (χ2v) is 5.50. The van der Waals surface area contributed by atoms with Gasteiger partial charge in [0.25, 0.3) is 0 Å². The van der Waals surface area contributed by atoms with Crippen LogP contribution in [0.5, 0.6) is 0 Å². The number of hydrogen-bond donors (Lipinski definition) is 1. The Labute approximate surface area is 96.1 Å². The van der Waals surface area contributed by atoms with Gasteiger partial charge in [0.15, 0.2) is 0 Å². The van der Waals surface area contributed by atoms with E-state index < -0.39 is 0 Å². The van der Waals surface area contributed by atoms with E-state index in [9.17, 15) is 0 Å². The van der Waals surface area contributed by atoms with Gasteiger partial charge in [-0.3, -0.25) is 4.90 Å². The Hall–Kier alpha value is -0.380. The minimum Gasteiger partial charge on any atom is -0.329 e. The van der Waals surface area contributed by atoms with E-state index in [0.29, 0.717) is 6.04 Å². The lowest BCUT2D eigenvalue weighted by atomic mass is 9.91. The van der Waals surface area contributed by atoms with E-state index in [4.69, 9.17) is 5.73 Å². The van der Waals surface area contributed by atoms with Crippen LogP contribution >= 0.6 is 11.3 Å². The highest BCUT2D eigenvalue weighted by Gasteiger charge is 2.27. The number of hydrogen-bond acceptors (Lipinski definition) is 3. The van der Waals surface area contributed by atoms with Crippen molar-refractivity contribution in [1.82, 2.24) is 4.90 Å². The Morgan fingerprint density at radius 1 is 1.60 bits per heavy atom. The van der Waals surface area contributed by atoms with E-state index in [1.54, 1.807) is 0 Å². The number of nitrogens with zero attached hydrogens (tertiary/aromatic N) is 1. The monoisotopic (exact) mass is 224 g/mol. The minimum atomic E-state index is 0.584. The van der Waals surface area contributed by atoms with Gasteiger partial charge in [-0.15, -0.1) is 11.3 Å². The third-order valence-corrected chi connectivity index (χ3v) is 4.27. The molecule has 15 heavy (non-hydrogen) atoms. The lowest BCUT2D eigenvalue weighted by Gasteiger charge is -2.39. The van der Waals surface area contributed by atoms with Gasteiger partial charge in [0, 0.05) is 24.0 Å². The predicted octanol–water partition coefficient (Wildman–Crippen LogP) is 2.31. The summed E-state index contributed by atoms with van der Waals surface area (Å²) in [6.45, 7) is 5.43. The van der Waals surface area contributed by atoms with Crippen LogP contribution in [0, 0.1) is 5.92 Å². The average molecular weight is 224 g/mol. The van der Waals surface area contributed by atoms with Crippen LogP contribution in [0.2, 0.25) is 0 Å². The standard InChI is InChI=1S/C12H20N2S/c1-10-4-2-6-14(12(10)8-13)9-11-5-3-7-15-11/h3,5,7,10,12H,2,4,6,8-9,13H2,1H3. The summed E-state index contributed by atoms with van der Waals surface area (Å²) in [5.74, 6) is 0.753. The molecular formula is C12H20N2S. The maximum absolute atomic E-state index is 5.87. The summed E-state index contributed by atoms with van der Waals surface area (Å²) in [6.07, 6.45) is 2.66. The Balaban J connectivity index is 2.00. The molecule has 1 aromatic heterocycles. The highest BCUT2D eigenvalue weighted by atomic mass is 32.1. The molecule has 0 bridgehead atoms. The molecule has 0 radical (unpaired) electrons. The molecule has 0 aromatic carbocycles. The smallest absolute Gasteiger partial charge is 0.0331 e. The maximum atomic E-state index is 5.87. The van der Waals surface area contributed by atoms with Crippen molar-refractivity contribution in [1.29, 1.82) is 0 Å². The van der Waals surface area contributed by atoms with Gasteiger partial charge in [0.05, 0.1) is 0 Å². The van der Waals surface area contributed by atoms with Gasteiger partial charge in [0.1, 0.15) is 0 Å². The van der Waals surface area contributed by atoms with E-state index in [-0.39, 0.29) is 0 Å². The van der Waals surface area contributed by atoms with Gasteiger partial charge in [-0.05, 0) is 36.8 Å².